The molecule has 0 spiro atoms. The summed E-state index contributed by atoms with van der Waals surface area (Å²) >= 11 is 4.87. The van der Waals surface area contributed by atoms with E-state index in [2.05, 4.69) is 10.3 Å². The van der Waals surface area contributed by atoms with Gasteiger partial charge in [0.2, 0.25) is 0 Å². The highest BCUT2D eigenvalue weighted by atomic mass is 32.1. The van der Waals surface area contributed by atoms with Crippen molar-refractivity contribution in [1.82, 2.24) is 4.98 Å². The lowest BCUT2D eigenvalue weighted by molar-refractivity contribution is 0.0247. The van der Waals surface area contributed by atoms with Crippen LogP contribution in [0.25, 0.3) is 0 Å². The second-order valence-corrected chi connectivity index (χ2v) is 4.61. The van der Waals surface area contributed by atoms with Gasteiger partial charge in [0.15, 0.2) is 0 Å². The minimum atomic E-state index is 0.306. The first-order valence-corrected chi connectivity index (χ1v) is 6.28. The lowest BCUT2D eigenvalue weighted by Crippen LogP contribution is -2.27. The highest BCUT2D eigenvalue weighted by Crippen LogP contribution is 2.13. The van der Waals surface area contributed by atoms with E-state index < -0.39 is 0 Å². The molecule has 3 N–H and O–H groups in total. The van der Waals surface area contributed by atoms with Gasteiger partial charge in [-0.15, -0.1) is 0 Å². The van der Waals surface area contributed by atoms with Crippen molar-refractivity contribution in [3.05, 3.63) is 23.9 Å². The van der Waals surface area contributed by atoms with Crippen LogP contribution in [0.3, 0.4) is 0 Å². The van der Waals surface area contributed by atoms with E-state index in [1.807, 2.05) is 12.1 Å². The zero-order valence-corrected chi connectivity index (χ0v) is 10.5. The van der Waals surface area contributed by atoms with E-state index in [4.69, 9.17) is 22.7 Å². The molecular weight excluding hydrogens is 234 g/mol. The molecule has 17 heavy (non-hydrogen) atoms. The SMILES string of the molecule is NC(=S)c1ccc(NCC2CCCCO2)nc1. The Morgan fingerprint density at radius 1 is 1.53 bits per heavy atom. The van der Waals surface area contributed by atoms with Crippen LogP contribution < -0.4 is 11.1 Å². The smallest absolute Gasteiger partial charge is 0.126 e. The number of aromatic nitrogens is 1. The van der Waals surface area contributed by atoms with Gasteiger partial charge in [0.25, 0.3) is 0 Å². The molecule has 1 atom stereocenters. The average molecular weight is 251 g/mol. The van der Waals surface area contributed by atoms with Crippen LogP contribution in [0.1, 0.15) is 24.8 Å². The second kappa shape index (κ2) is 5.93. The van der Waals surface area contributed by atoms with Crippen LogP contribution in [0.4, 0.5) is 5.82 Å². The van der Waals surface area contributed by atoms with Crippen LogP contribution in [0.5, 0.6) is 0 Å². The van der Waals surface area contributed by atoms with Crippen LogP contribution in [-0.2, 0) is 4.74 Å². The Labute approximate surface area is 107 Å². The van der Waals surface area contributed by atoms with Gasteiger partial charge in [-0.05, 0) is 31.4 Å². The van der Waals surface area contributed by atoms with E-state index in [0.29, 0.717) is 11.1 Å². The van der Waals surface area contributed by atoms with Gasteiger partial charge < -0.3 is 15.8 Å². The third-order valence-electron chi connectivity index (χ3n) is 2.83. The summed E-state index contributed by atoms with van der Waals surface area (Å²) in [7, 11) is 0. The van der Waals surface area contributed by atoms with Crippen LogP contribution in [0.15, 0.2) is 18.3 Å². The zero-order chi connectivity index (χ0) is 12.1. The first kappa shape index (κ1) is 12.3. The number of ether oxygens (including phenoxy) is 1. The standard InChI is InChI=1S/C12H17N3OS/c13-12(17)9-4-5-11(14-7-9)15-8-10-3-1-2-6-16-10/h4-5,7,10H,1-3,6,8H2,(H2,13,17)(H,14,15). The molecule has 1 aromatic rings. The number of hydrogen-bond donors (Lipinski definition) is 2. The molecule has 4 nitrogen and oxygen atoms in total. The topological polar surface area (TPSA) is 60.2 Å². The number of nitrogens with two attached hydrogens (primary N) is 1. The van der Waals surface area contributed by atoms with E-state index in [1.165, 1.54) is 12.8 Å². The third kappa shape index (κ3) is 3.64. The van der Waals surface area contributed by atoms with Gasteiger partial charge in [-0.25, -0.2) is 4.98 Å². The fourth-order valence-corrected chi connectivity index (χ4v) is 1.95. The lowest BCUT2D eigenvalue weighted by atomic mass is 10.1. The van der Waals surface area contributed by atoms with Crippen molar-refractivity contribution in [1.29, 1.82) is 0 Å². The van der Waals surface area contributed by atoms with Crippen LogP contribution in [-0.4, -0.2) is 29.2 Å². The van der Waals surface area contributed by atoms with Crippen molar-refractivity contribution >= 4 is 23.0 Å². The molecule has 0 aliphatic carbocycles. The average Bonchev–Trinajstić information content (AvgIpc) is 2.38. The summed E-state index contributed by atoms with van der Waals surface area (Å²) in [5, 5.41) is 3.26. The molecule has 5 heteroatoms. The summed E-state index contributed by atoms with van der Waals surface area (Å²) in [6.45, 7) is 1.68. The molecule has 0 bridgehead atoms. The second-order valence-electron chi connectivity index (χ2n) is 4.17. The number of anilines is 1. The number of nitrogens with one attached hydrogen (secondary N) is 1. The monoisotopic (exact) mass is 251 g/mol. The summed E-state index contributed by atoms with van der Waals surface area (Å²) in [5.41, 5.74) is 6.30. The van der Waals surface area contributed by atoms with Crippen molar-refractivity contribution < 1.29 is 4.74 Å². The number of hydrogen-bond acceptors (Lipinski definition) is 4. The highest BCUT2D eigenvalue weighted by molar-refractivity contribution is 7.80. The largest absolute Gasteiger partial charge is 0.389 e. The molecule has 2 rings (SSSR count). The Balaban J connectivity index is 1.84. The van der Waals surface area contributed by atoms with Gasteiger partial charge in [0.1, 0.15) is 10.8 Å². The van der Waals surface area contributed by atoms with Crippen LogP contribution >= 0.6 is 12.2 Å². The van der Waals surface area contributed by atoms with Gasteiger partial charge >= 0.3 is 0 Å². The summed E-state index contributed by atoms with van der Waals surface area (Å²) in [6, 6.07) is 3.76. The molecule has 1 unspecified atom stereocenters. The van der Waals surface area contributed by atoms with Crippen molar-refractivity contribution in [3.63, 3.8) is 0 Å². The molecule has 0 amide bonds. The van der Waals surface area contributed by atoms with E-state index in [-0.39, 0.29) is 0 Å². The van der Waals surface area contributed by atoms with Gasteiger partial charge in [0, 0.05) is 24.9 Å². The molecule has 1 aliphatic heterocycles. The van der Waals surface area contributed by atoms with E-state index in [9.17, 15) is 0 Å². The molecule has 1 fully saturated rings. The van der Waals surface area contributed by atoms with Crippen molar-refractivity contribution in [2.75, 3.05) is 18.5 Å². The number of thiocarbonyl (C=S) groups is 1. The lowest BCUT2D eigenvalue weighted by Gasteiger charge is -2.22. The first-order chi connectivity index (χ1) is 8.25. The quantitative estimate of drug-likeness (QED) is 0.798. The van der Waals surface area contributed by atoms with Crippen LogP contribution in [0, 0.1) is 0 Å². The molecule has 0 saturated carbocycles. The van der Waals surface area contributed by atoms with Gasteiger partial charge in [0.05, 0.1) is 6.10 Å². The minimum Gasteiger partial charge on any atom is -0.389 e. The molecule has 0 radical (unpaired) electrons. The maximum Gasteiger partial charge on any atom is 0.126 e. The molecule has 1 saturated heterocycles. The van der Waals surface area contributed by atoms with Gasteiger partial charge in [-0.3, -0.25) is 0 Å². The predicted molar refractivity (Wildman–Crippen MR) is 72.2 cm³/mol. The zero-order valence-electron chi connectivity index (χ0n) is 9.69. The predicted octanol–water partition coefficient (Wildman–Crippen LogP) is 1.70. The fourth-order valence-electron chi connectivity index (χ4n) is 1.83. The summed E-state index contributed by atoms with van der Waals surface area (Å²) in [5.74, 6) is 0.833. The Hall–Kier alpha value is -1.20. The molecular formula is C12H17N3OS. The van der Waals surface area contributed by atoms with Crippen molar-refractivity contribution in [2.24, 2.45) is 5.73 Å². The van der Waals surface area contributed by atoms with E-state index in [1.54, 1.807) is 6.20 Å². The Bertz CT molecular complexity index is 374. The Morgan fingerprint density at radius 3 is 3.00 bits per heavy atom. The molecule has 2 heterocycles. The summed E-state index contributed by atoms with van der Waals surface area (Å²) < 4.78 is 5.63. The molecule has 92 valence electrons. The number of nitrogens with zero attached hydrogens (tertiary/aromatic N) is 1. The molecule has 1 aromatic heterocycles. The number of pyridine rings is 1. The maximum atomic E-state index is 5.63. The third-order valence-corrected chi connectivity index (χ3v) is 3.07. The first-order valence-electron chi connectivity index (χ1n) is 5.87. The van der Waals surface area contributed by atoms with Crippen molar-refractivity contribution in [3.8, 4) is 0 Å². The van der Waals surface area contributed by atoms with E-state index >= 15 is 0 Å². The van der Waals surface area contributed by atoms with Gasteiger partial charge in [-0.1, -0.05) is 12.2 Å². The summed E-state index contributed by atoms with van der Waals surface area (Å²) in [6.07, 6.45) is 5.54. The fraction of sp³-hybridized carbons (Fsp3) is 0.500. The Morgan fingerprint density at radius 2 is 2.41 bits per heavy atom. The Kier molecular flexibility index (Phi) is 4.28. The van der Waals surface area contributed by atoms with Crippen LogP contribution in [0.2, 0.25) is 0 Å². The molecule has 1 aliphatic rings. The van der Waals surface area contributed by atoms with Gasteiger partial charge in [-0.2, -0.15) is 0 Å². The molecule has 0 aromatic carbocycles. The van der Waals surface area contributed by atoms with E-state index in [0.717, 1.165) is 31.0 Å². The minimum absolute atomic E-state index is 0.306. The number of rotatable bonds is 4. The van der Waals surface area contributed by atoms with Crippen molar-refractivity contribution in [2.45, 2.75) is 25.4 Å². The highest BCUT2D eigenvalue weighted by Gasteiger charge is 2.13. The maximum absolute atomic E-state index is 5.63. The summed E-state index contributed by atoms with van der Waals surface area (Å²) in [4.78, 5) is 4.62. The normalized spacial score (nSPS) is 19.9.